The van der Waals surface area contributed by atoms with Gasteiger partial charge in [-0.15, -0.1) is 0 Å². The summed E-state index contributed by atoms with van der Waals surface area (Å²) in [5.41, 5.74) is 2.67. The number of rotatable bonds is 3. The normalized spacial score (nSPS) is 23.5. The van der Waals surface area contributed by atoms with E-state index in [4.69, 9.17) is 21.7 Å². The van der Waals surface area contributed by atoms with Crippen LogP contribution in [-0.2, 0) is 23.1 Å². The molecular weight excluding hydrogens is 264 g/mol. The van der Waals surface area contributed by atoms with Crippen LogP contribution >= 0.6 is 12.2 Å². The first kappa shape index (κ1) is 12.8. The smallest absolute Gasteiger partial charge is 0.179 e. The van der Waals surface area contributed by atoms with Gasteiger partial charge in [-0.2, -0.15) is 5.10 Å². The van der Waals surface area contributed by atoms with Crippen molar-refractivity contribution in [1.29, 1.82) is 0 Å². The first-order valence-corrected chi connectivity index (χ1v) is 6.72. The van der Waals surface area contributed by atoms with E-state index >= 15 is 0 Å². The van der Waals surface area contributed by atoms with Gasteiger partial charge < -0.3 is 14.5 Å². The molecule has 1 aliphatic heterocycles. The van der Waals surface area contributed by atoms with Crippen LogP contribution in [-0.4, -0.2) is 45.3 Å². The van der Waals surface area contributed by atoms with Gasteiger partial charge in [-0.1, -0.05) is 0 Å². The molecule has 0 radical (unpaired) electrons. The Morgan fingerprint density at radius 2 is 2.37 bits per heavy atom. The molecule has 1 N–H and O–H groups in total. The summed E-state index contributed by atoms with van der Waals surface area (Å²) in [6.07, 6.45) is 0.884. The lowest BCUT2D eigenvalue weighted by molar-refractivity contribution is -0.0291. The molecule has 0 aromatic carbocycles. The minimum absolute atomic E-state index is 0.286. The van der Waals surface area contributed by atoms with Crippen molar-refractivity contribution in [1.82, 2.24) is 19.3 Å². The van der Waals surface area contributed by atoms with Gasteiger partial charge in [-0.25, -0.2) is 0 Å². The third-order valence-corrected chi connectivity index (χ3v) is 4.19. The summed E-state index contributed by atoms with van der Waals surface area (Å²) < 4.78 is 15.8. The molecule has 2 aromatic heterocycles. The van der Waals surface area contributed by atoms with Crippen molar-refractivity contribution < 1.29 is 9.47 Å². The van der Waals surface area contributed by atoms with Crippen LogP contribution in [0.2, 0.25) is 0 Å². The van der Waals surface area contributed by atoms with E-state index in [0.29, 0.717) is 17.9 Å². The second kappa shape index (κ2) is 4.43. The van der Waals surface area contributed by atoms with Crippen LogP contribution in [0.3, 0.4) is 0 Å². The molecule has 7 heteroatoms. The van der Waals surface area contributed by atoms with Gasteiger partial charge in [0.1, 0.15) is 11.1 Å². The molecule has 1 unspecified atom stereocenters. The Kier molecular flexibility index (Phi) is 2.99. The second-order valence-electron chi connectivity index (χ2n) is 5.11. The van der Waals surface area contributed by atoms with E-state index < -0.39 is 0 Å². The van der Waals surface area contributed by atoms with Crippen molar-refractivity contribution >= 4 is 23.4 Å². The zero-order chi connectivity index (χ0) is 13.6. The number of hydrogen-bond acceptors (Lipinski definition) is 4. The molecule has 1 aliphatic rings. The molecule has 3 rings (SSSR count). The molecule has 19 heavy (non-hydrogen) atoms. The number of ether oxygens (including phenoxy) is 2. The van der Waals surface area contributed by atoms with E-state index in [0.717, 1.165) is 29.9 Å². The molecule has 1 atom stereocenters. The largest absolute Gasteiger partial charge is 0.378 e. The molecule has 0 bridgehead atoms. The van der Waals surface area contributed by atoms with E-state index in [1.165, 1.54) is 0 Å². The van der Waals surface area contributed by atoms with Gasteiger partial charge >= 0.3 is 0 Å². The van der Waals surface area contributed by atoms with Crippen LogP contribution in [0.1, 0.15) is 12.1 Å². The number of nitrogens with one attached hydrogen (secondary N) is 1. The van der Waals surface area contributed by atoms with Crippen molar-refractivity contribution in [2.45, 2.75) is 25.5 Å². The van der Waals surface area contributed by atoms with Crippen molar-refractivity contribution in [3.63, 3.8) is 0 Å². The van der Waals surface area contributed by atoms with Crippen molar-refractivity contribution in [2.75, 3.05) is 20.3 Å². The number of aromatic amines is 1. The van der Waals surface area contributed by atoms with Crippen LogP contribution in [0.4, 0.5) is 0 Å². The molecule has 0 aliphatic carbocycles. The SMILES string of the molecule is COC1(Cn2c(=S)[nH]c3c(C)nn(C)c32)CCOC1. The van der Waals surface area contributed by atoms with Crippen molar-refractivity contribution in [3.8, 4) is 0 Å². The lowest BCUT2D eigenvalue weighted by Crippen LogP contribution is -2.37. The molecule has 2 aromatic rings. The lowest BCUT2D eigenvalue weighted by Gasteiger charge is -2.26. The lowest BCUT2D eigenvalue weighted by atomic mass is 10.0. The maximum Gasteiger partial charge on any atom is 0.179 e. The highest BCUT2D eigenvalue weighted by Crippen LogP contribution is 2.27. The molecule has 1 saturated heterocycles. The van der Waals surface area contributed by atoms with Crippen LogP contribution in [0.5, 0.6) is 0 Å². The Morgan fingerprint density at radius 3 is 3.00 bits per heavy atom. The van der Waals surface area contributed by atoms with Crippen LogP contribution in [0.25, 0.3) is 11.2 Å². The van der Waals surface area contributed by atoms with Gasteiger partial charge in [-0.05, 0) is 19.1 Å². The maximum absolute atomic E-state index is 5.69. The number of nitrogens with zero attached hydrogens (tertiary/aromatic N) is 3. The molecule has 6 nitrogen and oxygen atoms in total. The number of aryl methyl sites for hydroxylation is 2. The van der Waals surface area contributed by atoms with Crippen molar-refractivity contribution in [3.05, 3.63) is 10.5 Å². The van der Waals surface area contributed by atoms with Gasteiger partial charge in [0.05, 0.1) is 18.8 Å². The Balaban J connectivity index is 2.10. The zero-order valence-corrected chi connectivity index (χ0v) is 12.2. The number of aromatic nitrogens is 4. The molecule has 0 spiro atoms. The number of imidazole rings is 1. The third-order valence-electron chi connectivity index (χ3n) is 3.87. The topological polar surface area (TPSA) is 57.0 Å². The predicted molar refractivity (Wildman–Crippen MR) is 73.8 cm³/mol. The summed E-state index contributed by atoms with van der Waals surface area (Å²) >= 11 is 5.43. The number of fused-ring (bicyclic) bond motifs is 1. The van der Waals surface area contributed by atoms with E-state index in [9.17, 15) is 0 Å². The Morgan fingerprint density at radius 1 is 1.58 bits per heavy atom. The van der Waals surface area contributed by atoms with Crippen molar-refractivity contribution in [2.24, 2.45) is 7.05 Å². The second-order valence-corrected chi connectivity index (χ2v) is 5.50. The van der Waals surface area contributed by atoms with Gasteiger partial charge in [0, 0.05) is 27.2 Å². The Bertz CT molecular complexity index is 663. The molecule has 104 valence electrons. The first-order valence-electron chi connectivity index (χ1n) is 6.31. The average Bonchev–Trinajstić information content (AvgIpc) is 3.02. The van der Waals surface area contributed by atoms with Gasteiger partial charge in [0.15, 0.2) is 10.4 Å². The summed E-state index contributed by atoms with van der Waals surface area (Å²) in [6.45, 7) is 4.00. The average molecular weight is 282 g/mol. The monoisotopic (exact) mass is 282 g/mol. The summed E-state index contributed by atoms with van der Waals surface area (Å²) in [6, 6.07) is 0. The summed E-state index contributed by atoms with van der Waals surface area (Å²) in [5.74, 6) is 0. The summed E-state index contributed by atoms with van der Waals surface area (Å²) in [7, 11) is 3.66. The highest BCUT2D eigenvalue weighted by Gasteiger charge is 2.36. The number of H-pyrrole nitrogens is 1. The zero-order valence-electron chi connectivity index (χ0n) is 11.4. The predicted octanol–water partition coefficient (Wildman–Crippen LogP) is 1.55. The Hall–Kier alpha value is -1.18. The quantitative estimate of drug-likeness (QED) is 0.868. The molecule has 1 fully saturated rings. The third kappa shape index (κ3) is 1.92. The molecule has 0 amide bonds. The fourth-order valence-corrected chi connectivity index (χ4v) is 3.00. The summed E-state index contributed by atoms with van der Waals surface area (Å²) in [5, 5.41) is 4.42. The van der Waals surface area contributed by atoms with E-state index in [1.807, 2.05) is 18.7 Å². The maximum atomic E-state index is 5.69. The van der Waals surface area contributed by atoms with Gasteiger partial charge in [0.25, 0.3) is 0 Å². The summed E-state index contributed by atoms with van der Waals surface area (Å²) in [4.78, 5) is 3.23. The molecule has 3 heterocycles. The van der Waals surface area contributed by atoms with E-state index in [1.54, 1.807) is 7.11 Å². The Labute approximate surface area is 116 Å². The first-order chi connectivity index (χ1) is 9.06. The fourth-order valence-electron chi connectivity index (χ4n) is 2.75. The van der Waals surface area contributed by atoms with Crippen LogP contribution < -0.4 is 0 Å². The number of methoxy groups -OCH3 is 1. The van der Waals surface area contributed by atoms with Gasteiger partial charge in [0.2, 0.25) is 0 Å². The van der Waals surface area contributed by atoms with Gasteiger partial charge in [-0.3, -0.25) is 9.25 Å². The van der Waals surface area contributed by atoms with Crippen LogP contribution in [0, 0.1) is 11.7 Å². The minimum Gasteiger partial charge on any atom is -0.378 e. The van der Waals surface area contributed by atoms with E-state index in [-0.39, 0.29) is 5.60 Å². The van der Waals surface area contributed by atoms with E-state index in [2.05, 4.69) is 14.6 Å². The standard InChI is InChI=1S/C12H18N4O2S/c1-8-9-10(15(2)14-8)16(11(19)13-9)6-12(17-3)4-5-18-7-12/h4-7H2,1-3H3,(H,13,19). The highest BCUT2D eigenvalue weighted by molar-refractivity contribution is 7.71. The van der Waals surface area contributed by atoms with Crippen LogP contribution in [0.15, 0.2) is 0 Å². The molecule has 0 saturated carbocycles. The fraction of sp³-hybridized carbons (Fsp3) is 0.667. The minimum atomic E-state index is -0.286. The molecular formula is C12H18N4O2S. The number of hydrogen-bond donors (Lipinski definition) is 1. The highest BCUT2D eigenvalue weighted by atomic mass is 32.1.